The number of fused-ring (bicyclic) bond motifs is 1. The van der Waals surface area contributed by atoms with Gasteiger partial charge in [-0.1, -0.05) is 60.1 Å². The van der Waals surface area contributed by atoms with Crippen LogP contribution in [-0.2, 0) is 4.79 Å². The highest BCUT2D eigenvalue weighted by Gasteiger charge is 2.15. The smallest absolute Gasteiger partial charge is 0.256 e. The maximum Gasteiger partial charge on any atom is 0.256 e. The van der Waals surface area contributed by atoms with Gasteiger partial charge < -0.3 is 10.6 Å². The van der Waals surface area contributed by atoms with Crippen LogP contribution in [0.4, 0.5) is 11.4 Å². The Bertz CT molecular complexity index is 1260. The number of nitrogens with zero attached hydrogens (tertiary/aromatic N) is 1. The fraction of sp³-hybridized carbons (Fsp3) is 0.0417. The van der Waals surface area contributed by atoms with E-state index in [9.17, 15) is 9.59 Å². The molecule has 0 radical (unpaired) electrons. The minimum Gasteiger partial charge on any atom is -0.325 e. The van der Waals surface area contributed by atoms with Gasteiger partial charge in [-0.3, -0.25) is 9.59 Å². The summed E-state index contributed by atoms with van der Waals surface area (Å²) in [5.74, 6) is -0.487. The van der Waals surface area contributed by atoms with Gasteiger partial charge >= 0.3 is 0 Å². The molecule has 0 atom stereocenters. The molecule has 0 saturated carbocycles. The quantitative estimate of drug-likeness (QED) is 0.444. The summed E-state index contributed by atoms with van der Waals surface area (Å²) in [4.78, 5) is 29.1. The van der Waals surface area contributed by atoms with Crippen molar-refractivity contribution >= 4 is 45.7 Å². The molecule has 148 valence electrons. The Morgan fingerprint density at radius 1 is 0.867 bits per heavy atom. The fourth-order valence-electron chi connectivity index (χ4n) is 3.20. The van der Waals surface area contributed by atoms with E-state index in [1.165, 1.54) is 6.92 Å². The van der Waals surface area contributed by atoms with Gasteiger partial charge in [-0.2, -0.15) is 0 Å². The van der Waals surface area contributed by atoms with Crippen molar-refractivity contribution in [3.63, 3.8) is 0 Å². The molecule has 1 heterocycles. The molecule has 0 unspecified atom stereocenters. The highest BCUT2D eigenvalue weighted by atomic mass is 35.5. The lowest BCUT2D eigenvalue weighted by atomic mass is 10.0. The molecule has 1 aromatic heterocycles. The van der Waals surface area contributed by atoms with Crippen LogP contribution in [0.2, 0.25) is 5.02 Å². The van der Waals surface area contributed by atoms with Gasteiger partial charge in [0.05, 0.1) is 27.5 Å². The van der Waals surface area contributed by atoms with Crippen LogP contribution < -0.4 is 10.6 Å². The average Bonchev–Trinajstić information content (AvgIpc) is 2.75. The van der Waals surface area contributed by atoms with Crippen molar-refractivity contribution in [1.82, 2.24) is 4.98 Å². The van der Waals surface area contributed by atoms with Crippen molar-refractivity contribution in [1.29, 1.82) is 0 Å². The predicted molar refractivity (Wildman–Crippen MR) is 121 cm³/mol. The van der Waals surface area contributed by atoms with Crippen LogP contribution in [0.3, 0.4) is 0 Å². The topological polar surface area (TPSA) is 71.1 Å². The van der Waals surface area contributed by atoms with Crippen LogP contribution in [0.15, 0.2) is 78.9 Å². The molecule has 6 heteroatoms. The Hall–Kier alpha value is -3.70. The van der Waals surface area contributed by atoms with Gasteiger partial charge in [0.25, 0.3) is 5.91 Å². The number of anilines is 2. The van der Waals surface area contributed by atoms with Crippen LogP contribution >= 0.6 is 11.6 Å². The SMILES string of the molecule is CC(=O)Nc1ccc(NC(=O)c2cc(-c3ccccc3)nc3ccccc23)cc1Cl. The highest BCUT2D eigenvalue weighted by Crippen LogP contribution is 2.28. The molecule has 4 rings (SSSR count). The molecule has 0 fully saturated rings. The number of carbonyl (C=O) groups is 2. The van der Waals surface area contributed by atoms with Gasteiger partial charge in [0, 0.05) is 23.6 Å². The standard InChI is InChI=1S/C24H18ClN3O2/c1-15(29)26-22-12-11-17(13-20(22)25)27-24(30)19-14-23(16-7-3-2-4-8-16)28-21-10-6-5-9-18(19)21/h2-14H,1H3,(H,26,29)(H,27,30). The number of pyridine rings is 1. The number of para-hydroxylation sites is 1. The molecular formula is C24H18ClN3O2. The Morgan fingerprint density at radius 2 is 1.60 bits per heavy atom. The first kappa shape index (κ1) is 19.6. The zero-order valence-electron chi connectivity index (χ0n) is 16.1. The maximum atomic E-state index is 13.1. The van der Waals surface area contributed by atoms with E-state index in [0.717, 1.165) is 22.2 Å². The molecule has 2 N–H and O–H groups in total. The summed E-state index contributed by atoms with van der Waals surface area (Å²) in [6, 6.07) is 24.0. The lowest BCUT2D eigenvalue weighted by Gasteiger charge is -2.12. The third-order valence-corrected chi connectivity index (χ3v) is 4.88. The van der Waals surface area contributed by atoms with E-state index in [1.807, 2.05) is 54.6 Å². The molecule has 0 aliphatic heterocycles. The Labute approximate surface area is 178 Å². The molecule has 0 aliphatic carbocycles. The maximum absolute atomic E-state index is 13.1. The monoisotopic (exact) mass is 415 g/mol. The Morgan fingerprint density at radius 3 is 2.33 bits per heavy atom. The summed E-state index contributed by atoms with van der Waals surface area (Å²) in [6.45, 7) is 1.41. The normalized spacial score (nSPS) is 10.6. The van der Waals surface area contributed by atoms with Gasteiger partial charge in [0.1, 0.15) is 0 Å². The highest BCUT2D eigenvalue weighted by molar-refractivity contribution is 6.34. The van der Waals surface area contributed by atoms with Gasteiger partial charge in [-0.05, 0) is 30.3 Å². The van der Waals surface area contributed by atoms with Crippen molar-refractivity contribution in [2.75, 3.05) is 10.6 Å². The second kappa shape index (κ2) is 8.35. The van der Waals surface area contributed by atoms with E-state index in [4.69, 9.17) is 16.6 Å². The number of benzene rings is 3. The van der Waals surface area contributed by atoms with E-state index in [0.29, 0.717) is 22.0 Å². The van der Waals surface area contributed by atoms with Crippen molar-refractivity contribution in [2.45, 2.75) is 6.92 Å². The molecule has 0 saturated heterocycles. The number of hydrogen-bond donors (Lipinski definition) is 2. The van der Waals surface area contributed by atoms with E-state index >= 15 is 0 Å². The zero-order valence-corrected chi connectivity index (χ0v) is 16.9. The van der Waals surface area contributed by atoms with Crippen LogP contribution in [0, 0.1) is 0 Å². The van der Waals surface area contributed by atoms with Gasteiger partial charge in [-0.15, -0.1) is 0 Å². The third-order valence-electron chi connectivity index (χ3n) is 4.57. The molecule has 30 heavy (non-hydrogen) atoms. The van der Waals surface area contributed by atoms with E-state index in [2.05, 4.69) is 10.6 Å². The zero-order chi connectivity index (χ0) is 21.1. The molecule has 0 aliphatic rings. The second-order valence-corrected chi connectivity index (χ2v) is 7.18. The summed E-state index contributed by atoms with van der Waals surface area (Å²) in [5, 5.41) is 6.63. The lowest BCUT2D eigenvalue weighted by molar-refractivity contribution is -0.114. The number of amides is 2. The fourth-order valence-corrected chi connectivity index (χ4v) is 3.43. The van der Waals surface area contributed by atoms with Crippen molar-refractivity contribution in [3.8, 4) is 11.3 Å². The summed E-state index contributed by atoms with van der Waals surface area (Å²) in [7, 11) is 0. The van der Waals surface area contributed by atoms with Gasteiger partial charge in [0.2, 0.25) is 5.91 Å². The summed E-state index contributed by atoms with van der Waals surface area (Å²) in [5.41, 5.74) is 3.92. The summed E-state index contributed by atoms with van der Waals surface area (Å²) in [6.07, 6.45) is 0. The molecule has 5 nitrogen and oxygen atoms in total. The average molecular weight is 416 g/mol. The first-order valence-electron chi connectivity index (χ1n) is 9.35. The van der Waals surface area contributed by atoms with E-state index < -0.39 is 0 Å². The first-order valence-corrected chi connectivity index (χ1v) is 9.73. The van der Waals surface area contributed by atoms with Crippen LogP contribution in [0.25, 0.3) is 22.2 Å². The first-order chi connectivity index (χ1) is 14.5. The minimum atomic E-state index is -0.269. The Balaban J connectivity index is 1.71. The van der Waals surface area contributed by atoms with Crippen LogP contribution in [0.5, 0.6) is 0 Å². The largest absolute Gasteiger partial charge is 0.325 e. The van der Waals surface area contributed by atoms with Crippen LogP contribution in [0.1, 0.15) is 17.3 Å². The van der Waals surface area contributed by atoms with Crippen LogP contribution in [-0.4, -0.2) is 16.8 Å². The molecule has 2 amide bonds. The number of aromatic nitrogens is 1. The molecule has 0 spiro atoms. The lowest BCUT2D eigenvalue weighted by Crippen LogP contribution is -2.13. The summed E-state index contributed by atoms with van der Waals surface area (Å²) < 4.78 is 0. The number of hydrogen-bond acceptors (Lipinski definition) is 3. The number of carbonyl (C=O) groups excluding carboxylic acids is 2. The van der Waals surface area contributed by atoms with Gasteiger partial charge in [-0.25, -0.2) is 4.98 Å². The number of rotatable bonds is 4. The third kappa shape index (κ3) is 4.16. The number of halogens is 1. The van der Waals surface area contributed by atoms with E-state index in [1.54, 1.807) is 24.3 Å². The summed E-state index contributed by atoms with van der Waals surface area (Å²) >= 11 is 6.23. The van der Waals surface area contributed by atoms with Crippen molar-refractivity contribution in [2.24, 2.45) is 0 Å². The second-order valence-electron chi connectivity index (χ2n) is 6.77. The minimum absolute atomic E-state index is 0.217. The predicted octanol–water partition coefficient (Wildman–Crippen LogP) is 5.77. The van der Waals surface area contributed by atoms with Crippen molar-refractivity contribution < 1.29 is 9.59 Å². The number of nitrogens with one attached hydrogen (secondary N) is 2. The van der Waals surface area contributed by atoms with Crippen molar-refractivity contribution in [3.05, 3.63) is 89.4 Å². The molecule has 4 aromatic rings. The molecule has 0 bridgehead atoms. The van der Waals surface area contributed by atoms with Gasteiger partial charge in [0.15, 0.2) is 0 Å². The Kier molecular flexibility index (Phi) is 5.46. The molecule has 3 aromatic carbocycles. The van der Waals surface area contributed by atoms with E-state index in [-0.39, 0.29) is 11.8 Å². The molecular weight excluding hydrogens is 398 g/mol.